The number of hydrogen-bond acceptors (Lipinski definition) is 5. The van der Waals surface area contributed by atoms with Crippen molar-refractivity contribution in [3.05, 3.63) is 34.9 Å². The van der Waals surface area contributed by atoms with Crippen LogP contribution in [-0.4, -0.2) is 30.1 Å². The average Bonchev–Trinajstić information content (AvgIpc) is 2.90. The molecule has 2 N–H and O–H groups in total. The Kier molecular flexibility index (Phi) is 4.30. The molecule has 0 aromatic carbocycles. The Morgan fingerprint density at radius 1 is 1.47 bits per heavy atom. The molecule has 0 atom stereocenters. The fourth-order valence-corrected chi connectivity index (χ4v) is 2.18. The standard InChI is InChI=1S/C12H15N5OS/c1-17(2)11-10(6-13-8-15-11)16-12(18)14-5-9-3-4-19-7-9/h3-4,6-8H,5H2,1-2H3,(H2,14,16,18). The van der Waals surface area contributed by atoms with E-state index < -0.39 is 0 Å². The lowest BCUT2D eigenvalue weighted by molar-refractivity contribution is 0.251. The molecule has 2 amide bonds. The maximum absolute atomic E-state index is 11.8. The average molecular weight is 277 g/mol. The van der Waals surface area contributed by atoms with E-state index in [2.05, 4.69) is 20.6 Å². The van der Waals surface area contributed by atoms with Crippen LogP contribution in [0.2, 0.25) is 0 Å². The van der Waals surface area contributed by atoms with Crippen LogP contribution < -0.4 is 15.5 Å². The van der Waals surface area contributed by atoms with Gasteiger partial charge in [-0.2, -0.15) is 11.3 Å². The highest BCUT2D eigenvalue weighted by molar-refractivity contribution is 7.07. The number of urea groups is 1. The molecule has 100 valence electrons. The van der Waals surface area contributed by atoms with Crippen molar-refractivity contribution in [2.75, 3.05) is 24.3 Å². The lowest BCUT2D eigenvalue weighted by atomic mass is 10.3. The number of carbonyl (C=O) groups is 1. The van der Waals surface area contributed by atoms with E-state index in [1.54, 1.807) is 17.5 Å². The second-order valence-electron chi connectivity index (χ2n) is 4.09. The molecule has 2 aromatic heterocycles. The van der Waals surface area contributed by atoms with Gasteiger partial charge in [-0.25, -0.2) is 14.8 Å². The number of rotatable bonds is 4. The molecule has 19 heavy (non-hydrogen) atoms. The Labute approximate surface area is 115 Å². The van der Waals surface area contributed by atoms with Gasteiger partial charge < -0.3 is 15.5 Å². The van der Waals surface area contributed by atoms with Gasteiger partial charge in [0.15, 0.2) is 5.82 Å². The third-order valence-electron chi connectivity index (χ3n) is 2.40. The van der Waals surface area contributed by atoms with Crippen LogP contribution in [0.4, 0.5) is 16.3 Å². The van der Waals surface area contributed by atoms with Crippen LogP contribution in [0.5, 0.6) is 0 Å². The van der Waals surface area contributed by atoms with Crippen molar-refractivity contribution in [3.63, 3.8) is 0 Å². The van der Waals surface area contributed by atoms with E-state index in [0.29, 0.717) is 18.1 Å². The van der Waals surface area contributed by atoms with E-state index in [-0.39, 0.29) is 6.03 Å². The molecule has 0 saturated carbocycles. The maximum atomic E-state index is 11.8. The second kappa shape index (κ2) is 6.14. The van der Waals surface area contributed by atoms with Gasteiger partial charge in [0.05, 0.1) is 6.20 Å². The van der Waals surface area contributed by atoms with Gasteiger partial charge in [0.2, 0.25) is 0 Å². The van der Waals surface area contributed by atoms with Gasteiger partial charge in [0, 0.05) is 20.6 Å². The van der Waals surface area contributed by atoms with Gasteiger partial charge in [0.25, 0.3) is 0 Å². The van der Waals surface area contributed by atoms with Crippen molar-refractivity contribution < 1.29 is 4.79 Å². The summed E-state index contributed by atoms with van der Waals surface area (Å²) in [5.74, 6) is 0.667. The zero-order valence-corrected chi connectivity index (χ0v) is 11.6. The number of carbonyl (C=O) groups excluding carboxylic acids is 1. The zero-order chi connectivity index (χ0) is 13.7. The Balaban J connectivity index is 1.95. The van der Waals surface area contributed by atoms with Gasteiger partial charge in [-0.05, 0) is 22.4 Å². The van der Waals surface area contributed by atoms with E-state index in [0.717, 1.165) is 5.56 Å². The molecule has 2 heterocycles. The SMILES string of the molecule is CN(C)c1ncncc1NC(=O)NCc1ccsc1. The number of hydrogen-bond donors (Lipinski definition) is 2. The van der Waals surface area contributed by atoms with Gasteiger partial charge >= 0.3 is 6.03 Å². The van der Waals surface area contributed by atoms with Crippen molar-refractivity contribution in [1.29, 1.82) is 0 Å². The number of nitrogens with zero attached hydrogens (tertiary/aromatic N) is 3. The van der Waals surface area contributed by atoms with E-state index in [9.17, 15) is 4.79 Å². The molecule has 2 rings (SSSR count). The van der Waals surface area contributed by atoms with Crippen molar-refractivity contribution in [3.8, 4) is 0 Å². The molecular formula is C12H15N5OS. The highest BCUT2D eigenvalue weighted by Gasteiger charge is 2.09. The molecule has 2 aromatic rings. The highest BCUT2D eigenvalue weighted by atomic mass is 32.1. The molecule has 6 nitrogen and oxygen atoms in total. The first-order chi connectivity index (χ1) is 9.16. The fourth-order valence-electron chi connectivity index (χ4n) is 1.51. The molecule has 0 unspecified atom stereocenters. The van der Waals surface area contributed by atoms with Crippen molar-refractivity contribution in [2.24, 2.45) is 0 Å². The minimum Gasteiger partial charge on any atom is -0.361 e. The summed E-state index contributed by atoms with van der Waals surface area (Å²) in [4.78, 5) is 21.6. The molecule has 0 radical (unpaired) electrons. The van der Waals surface area contributed by atoms with Crippen LogP contribution in [0.15, 0.2) is 29.4 Å². The quantitative estimate of drug-likeness (QED) is 0.896. The smallest absolute Gasteiger partial charge is 0.319 e. The Morgan fingerprint density at radius 2 is 2.32 bits per heavy atom. The summed E-state index contributed by atoms with van der Waals surface area (Å²) < 4.78 is 0. The maximum Gasteiger partial charge on any atom is 0.319 e. The molecule has 0 bridgehead atoms. The number of aromatic nitrogens is 2. The fraction of sp³-hybridized carbons (Fsp3) is 0.250. The van der Waals surface area contributed by atoms with Gasteiger partial charge in [-0.15, -0.1) is 0 Å². The number of amides is 2. The third kappa shape index (κ3) is 3.65. The first-order valence-electron chi connectivity index (χ1n) is 5.70. The van der Waals surface area contributed by atoms with E-state index in [4.69, 9.17) is 0 Å². The first-order valence-corrected chi connectivity index (χ1v) is 6.64. The molecule has 0 fully saturated rings. The minimum atomic E-state index is -0.274. The van der Waals surface area contributed by atoms with Gasteiger partial charge in [-0.1, -0.05) is 0 Å². The summed E-state index contributed by atoms with van der Waals surface area (Å²) in [6.07, 6.45) is 3.02. The molecule has 0 saturated heterocycles. The van der Waals surface area contributed by atoms with Crippen LogP contribution in [0.25, 0.3) is 0 Å². The number of anilines is 2. The topological polar surface area (TPSA) is 70.2 Å². The highest BCUT2D eigenvalue weighted by Crippen LogP contribution is 2.18. The molecule has 0 aliphatic carbocycles. The molecule has 0 aliphatic rings. The Morgan fingerprint density at radius 3 is 3.00 bits per heavy atom. The molecule has 0 aliphatic heterocycles. The van der Waals surface area contributed by atoms with Crippen LogP contribution in [0, 0.1) is 0 Å². The van der Waals surface area contributed by atoms with Crippen LogP contribution >= 0.6 is 11.3 Å². The Hall–Kier alpha value is -2.15. The van der Waals surface area contributed by atoms with E-state index in [1.807, 2.05) is 35.8 Å². The number of nitrogens with one attached hydrogen (secondary N) is 2. The second-order valence-corrected chi connectivity index (χ2v) is 4.87. The summed E-state index contributed by atoms with van der Waals surface area (Å²) in [6.45, 7) is 0.500. The van der Waals surface area contributed by atoms with E-state index in [1.165, 1.54) is 6.33 Å². The Bertz CT molecular complexity index is 541. The monoisotopic (exact) mass is 277 g/mol. The summed E-state index contributed by atoms with van der Waals surface area (Å²) >= 11 is 1.60. The zero-order valence-electron chi connectivity index (χ0n) is 10.8. The molecule has 0 spiro atoms. The lowest BCUT2D eigenvalue weighted by Crippen LogP contribution is -2.29. The normalized spacial score (nSPS) is 10.0. The third-order valence-corrected chi connectivity index (χ3v) is 3.13. The minimum absolute atomic E-state index is 0.274. The van der Waals surface area contributed by atoms with Crippen LogP contribution in [0.3, 0.4) is 0 Å². The molecular weight excluding hydrogens is 262 g/mol. The lowest BCUT2D eigenvalue weighted by Gasteiger charge is -2.15. The van der Waals surface area contributed by atoms with E-state index >= 15 is 0 Å². The number of thiophene rings is 1. The largest absolute Gasteiger partial charge is 0.361 e. The van der Waals surface area contributed by atoms with Gasteiger partial charge in [-0.3, -0.25) is 0 Å². The first kappa shape index (κ1) is 13.3. The summed E-state index contributed by atoms with van der Waals surface area (Å²) in [7, 11) is 3.72. The summed E-state index contributed by atoms with van der Waals surface area (Å²) in [6, 6.07) is 1.70. The van der Waals surface area contributed by atoms with Crippen LogP contribution in [0.1, 0.15) is 5.56 Å². The predicted molar refractivity (Wildman–Crippen MR) is 76.5 cm³/mol. The van der Waals surface area contributed by atoms with Gasteiger partial charge in [0.1, 0.15) is 12.0 Å². The van der Waals surface area contributed by atoms with Crippen molar-refractivity contribution in [1.82, 2.24) is 15.3 Å². The summed E-state index contributed by atoms with van der Waals surface area (Å²) in [5.41, 5.74) is 1.66. The molecule has 7 heteroatoms. The summed E-state index contributed by atoms with van der Waals surface area (Å²) in [5, 5.41) is 9.50. The van der Waals surface area contributed by atoms with Crippen LogP contribution in [-0.2, 0) is 6.54 Å². The van der Waals surface area contributed by atoms with Crippen molar-refractivity contribution in [2.45, 2.75) is 6.54 Å². The predicted octanol–water partition coefficient (Wildman–Crippen LogP) is 1.93. The van der Waals surface area contributed by atoms with Crippen molar-refractivity contribution >= 4 is 28.9 Å².